The average molecular weight is 275 g/mol. The number of benzene rings is 1. The van der Waals surface area contributed by atoms with Gasteiger partial charge in [0.15, 0.2) is 0 Å². The van der Waals surface area contributed by atoms with Crippen LogP contribution in [0.15, 0.2) is 24.3 Å². The van der Waals surface area contributed by atoms with Crippen LogP contribution in [0.2, 0.25) is 0 Å². The fraction of sp³-hybridized carbons (Fsp3) is 0.625. The standard InChI is InChI=1S/C16H26BNO2/c1-14(2,3)18-13-10-8-9-12(11-13)17-19-15(4,5)16(6,7)20-17/h8-11,18H,1-7H3. The summed E-state index contributed by atoms with van der Waals surface area (Å²) in [4.78, 5) is 0. The predicted molar refractivity (Wildman–Crippen MR) is 85.5 cm³/mol. The van der Waals surface area contributed by atoms with Crippen molar-refractivity contribution < 1.29 is 9.31 Å². The third-order valence-corrected chi connectivity index (χ3v) is 3.93. The summed E-state index contributed by atoms with van der Waals surface area (Å²) in [7, 11) is -0.304. The molecule has 0 radical (unpaired) electrons. The molecule has 0 bridgehead atoms. The summed E-state index contributed by atoms with van der Waals surface area (Å²) < 4.78 is 12.2. The molecule has 4 heteroatoms. The van der Waals surface area contributed by atoms with E-state index in [2.05, 4.69) is 72.0 Å². The summed E-state index contributed by atoms with van der Waals surface area (Å²) in [6.45, 7) is 14.7. The van der Waals surface area contributed by atoms with E-state index in [0.29, 0.717) is 0 Å². The second-order valence-corrected chi connectivity index (χ2v) is 7.59. The lowest BCUT2D eigenvalue weighted by atomic mass is 9.79. The van der Waals surface area contributed by atoms with Crippen molar-refractivity contribution in [1.82, 2.24) is 0 Å². The van der Waals surface area contributed by atoms with Crippen LogP contribution in [0, 0.1) is 0 Å². The summed E-state index contributed by atoms with van der Waals surface area (Å²) in [5.74, 6) is 0. The molecule has 0 amide bonds. The Balaban J connectivity index is 2.21. The van der Waals surface area contributed by atoms with Gasteiger partial charge < -0.3 is 14.6 Å². The maximum Gasteiger partial charge on any atom is 0.494 e. The molecule has 0 unspecified atom stereocenters. The van der Waals surface area contributed by atoms with Crippen molar-refractivity contribution >= 4 is 18.3 Å². The van der Waals surface area contributed by atoms with Gasteiger partial charge in [0.05, 0.1) is 11.2 Å². The molecule has 0 atom stereocenters. The maximum atomic E-state index is 6.09. The van der Waals surface area contributed by atoms with Gasteiger partial charge in [-0.2, -0.15) is 0 Å². The van der Waals surface area contributed by atoms with Gasteiger partial charge in [-0.15, -0.1) is 0 Å². The van der Waals surface area contributed by atoms with E-state index < -0.39 is 0 Å². The second kappa shape index (κ2) is 4.78. The molecule has 1 fully saturated rings. The molecule has 0 spiro atoms. The van der Waals surface area contributed by atoms with E-state index in [1.54, 1.807) is 0 Å². The van der Waals surface area contributed by atoms with Gasteiger partial charge in [0, 0.05) is 11.2 Å². The molecule has 1 aliphatic rings. The van der Waals surface area contributed by atoms with Gasteiger partial charge in [-0.25, -0.2) is 0 Å². The fourth-order valence-electron chi connectivity index (χ4n) is 2.18. The van der Waals surface area contributed by atoms with E-state index in [0.717, 1.165) is 11.2 Å². The van der Waals surface area contributed by atoms with Crippen molar-refractivity contribution in [2.24, 2.45) is 0 Å². The summed E-state index contributed by atoms with van der Waals surface area (Å²) in [6, 6.07) is 8.26. The number of hydrogen-bond donors (Lipinski definition) is 1. The summed E-state index contributed by atoms with van der Waals surface area (Å²) in [5.41, 5.74) is 1.58. The smallest absolute Gasteiger partial charge is 0.399 e. The Morgan fingerprint density at radius 3 is 2.05 bits per heavy atom. The normalized spacial score (nSPS) is 21.1. The molecule has 1 heterocycles. The number of nitrogens with one attached hydrogen (secondary N) is 1. The molecule has 20 heavy (non-hydrogen) atoms. The molecule has 1 aliphatic heterocycles. The van der Waals surface area contributed by atoms with Crippen LogP contribution in [0.1, 0.15) is 48.5 Å². The van der Waals surface area contributed by atoms with Crippen LogP contribution in [0.5, 0.6) is 0 Å². The molecule has 1 aromatic carbocycles. The molecule has 1 saturated heterocycles. The molecule has 0 aliphatic carbocycles. The van der Waals surface area contributed by atoms with Crippen molar-refractivity contribution in [3.05, 3.63) is 24.3 Å². The first-order valence-electron chi connectivity index (χ1n) is 7.24. The van der Waals surface area contributed by atoms with Gasteiger partial charge in [0.2, 0.25) is 0 Å². The minimum absolute atomic E-state index is 0.0363. The van der Waals surface area contributed by atoms with Gasteiger partial charge in [-0.1, -0.05) is 12.1 Å². The number of rotatable bonds is 2. The van der Waals surface area contributed by atoms with Gasteiger partial charge in [-0.3, -0.25) is 0 Å². The summed E-state index contributed by atoms with van der Waals surface area (Å²) in [6.07, 6.45) is 0. The van der Waals surface area contributed by atoms with E-state index >= 15 is 0 Å². The Kier molecular flexibility index (Phi) is 3.68. The van der Waals surface area contributed by atoms with Gasteiger partial charge >= 0.3 is 7.12 Å². The molecule has 110 valence electrons. The Morgan fingerprint density at radius 1 is 1.00 bits per heavy atom. The largest absolute Gasteiger partial charge is 0.494 e. The third-order valence-electron chi connectivity index (χ3n) is 3.93. The Labute approximate surface area is 123 Å². The minimum atomic E-state index is -0.304. The highest BCUT2D eigenvalue weighted by Crippen LogP contribution is 2.36. The Morgan fingerprint density at radius 2 is 1.55 bits per heavy atom. The minimum Gasteiger partial charge on any atom is -0.399 e. The van der Waals surface area contributed by atoms with E-state index in [4.69, 9.17) is 9.31 Å². The maximum absolute atomic E-state index is 6.09. The third kappa shape index (κ3) is 3.18. The van der Waals surface area contributed by atoms with E-state index in [-0.39, 0.29) is 23.9 Å². The monoisotopic (exact) mass is 275 g/mol. The van der Waals surface area contributed by atoms with Crippen molar-refractivity contribution in [2.75, 3.05) is 5.32 Å². The van der Waals surface area contributed by atoms with E-state index in [9.17, 15) is 0 Å². The molecule has 1 aromatic rings. The van der Waals surface area contributed by atoms with Crippen molar-refractivity contribution in [3.63, 3.8) is 0 Å². The van der Waals surface area contributed by atoms with Crippen molar-refractivity contribution in [2.45, 2.75) is 65.2 Å². The van der Waals surface area contributed by atoms with Crippen LogP contribution in [0.25, 0.3) is 0 Å². The molecule has 0 aromatic heterocycles. The van der Waals surface area contributed by atoms with Crippen molar-refractivity contribution in [1.29, 1.82) is 0 Å². The Hall–Kier alpha value is -0.995. The molecule has 1 N–H and O–H groups in total. The summed E-state index contributed by atoms with van der Waals surface area (Å²) in [5, 5.41) is 3.48. The fourth-order valence-corrected chi connectivity index (χ4v) is 2.18. The topological polar surface area (TPSA) is 30.5 Å². The van der Waals surface area contributed by atoms with E-state index in [1.165, 1.54) is 0 Å². The van der Waals surface area contributed by atoms with Crippen LogP contribution < -0.4 is 10.8 Å². The SMILES string of the molecule is CC(C)(C)Nc1cccc(B2OC(C)(C)C(C)(C)O2)c1. The van der Waals surface area contributed by atoms with Crippen LogP contribution in [0.4, 0.5) is 5.69 Å². The average Bonchev–Trinajstić information content (AvgIpc) is 2.46. The van der Waals surface area contributed by atoms with Gasteiger partial charge in [0.25, 0.3) is 0 Å². The summed E-state index contributed by atoms with van der Waals surface area (Å²) >= 11 is 0. The predicted octanol–water partition coefficient (Wildman–Crippen LogP) is 3.20. The quantitative estimate of drug-likeness (QED) is 0.841. The Bertz CT molecular complexity index is 475. The zero-order chi connectivity index (χ0) is 15.2. The zero-order valence-electron chi connectivity index (χ0n) is 13.7. The molecule has 0 saturated carbocycles. The number of anilines is 1. The lowest BCUT2D eigenvalue weighted by Crippen LogP contribution is -2.41. The lowest BCUT2D eigenvalue weighted by molar-refractivity contribution is 0.00578. The van der Waals surface area contributed by atoms with Crippen LogP contribution in [0.3, 0.4) is 0 Å². The molecular weight excluding hydrogens is 249 g/mol. The highest BCUT2D eigenvalue weighted by Gasteiger charge is 2.51. The second-order valence-electron chi connectivity index (χ2n) is 7.59. The number of hydrogen-bond acceptors (Lipinski definition) is 3. The first-order valence-corrected chi connectivity index (χ1v) is 7.24. The van der Waals surface area contributed by atoms with Gasteiger partial charge in [-0.05, 0) is 66.1 Å². The van der Waals surface area contributed by atoms with Gasteiger partial charge in [0.1, 0.15) is 0 Å². The molecule has 2 rings (SSSR count). The zero-order valence-corrected chi connectivity index (χ0v) is 13.7. The molecular formula is C16H26BNO2. The van der Waals surface area contributed by atoms with Crippen LogP contribution in [-0.2, 0) is 9.31 Å². The van der Waals surface area contributed by atoms with Crippen LogP contribution in [-0.4, -0.2) is 23.9 Å². The van der Waals surface area contributed by atoms with E-state index in [1.807, 2.05) is 6.07 Å². The van der Waals surface area contributed by atoms with Crippen molar-refractivity contribution in [3.8, 4) is 0 Å². The first-order chi connectivity index (χ1) is 9.00. The first kappa shape index (κ1) is 15.4. The molecule has 3 nitrogen and oxygen atoms in total. The van der Waals surface area contributed by atoms with Crippen LogP contribution >= 0.6 is 0 Å². The lowest BCUT2D eigenvalue weighted by Gasteiger charge is -2.32. The highest BCUT2D eigenvalue weighted by atomic mass is 16.7. The highest BCUT2D eigenvalue weighted by molar-refractivity contribution is 6.62.